The third-order valence-corrected chi connectivity index (χ3v) is 2.93. The van der Waals surface area contributed by atoms with Crippen molar-refractivity contribution in [3.05, 3.63) is 63.4 Å². The number of hydrogen-bond acceptors (Lipinski definition) is 2. The molecule has 0 aliphatic rings. The summed E-state index contributed by atoms with van der Waals surface area (Å²) >= 11 is 11.3. The van der Waals surface area contributed by atoms with E-state index in [0.29, 0.717) is 10.6 Å². The standard InChI is InChI=1S/C13H7Cl2FO2/c14-9-3-1-7(2-4-9)12(17)8-5-10(15)13(18)11(16)6-8/h1-6,18H. The van der Waals surface area contributed by atoms with E-state index in [1.54, 1.807) is 12.1 Å². The lowest BCUT2D eigenvalue weighted by atomic mass is 10.0. The number of halogens is 3. The molecule has 0 amide bonds. The summed E-state index contributed by atoms with van der Waals surface area (Å²) in [5.74, 6) is -1.99. The number of carbonyl (C=O) groups excluding carboxylic acids is 1. The van der Waals surface area contributed by atoms with Gasteiger partial charge in [0.2, 0.25) is 0 Å². The van der Waals surface area contributed by atoms with Crippen molar-refractivity contribution in [2.75, 3.05) is 0 Å². The van der Waals surface area contributed by atoms with Gasteiger partial charge in [0.1, 0.15) is 0 Å². The average molecular weight is 285 g/mol. The van der Waals surface area contributed by atoms with Crippen molar-refractivity contribution < 1.29 is 14.3 Å². The summed E-state index contributed by atoms with van der Waals surface area (Å²) in [4.78, 5) is 12.0. The van der Waals surface area contributed by atoms with Crippen LogP contribution in [0.15, 0.2) is 36.4 Å². The Bertz CT molecular complexity index is 586. The van der Waals surface area contributed by atoms with Gasteiger partial charge in [-0.3, -0.25) is 4.79 Å². The number of aromatic hydroxyl groups is 1. The van der Waals surface area contributed by atoms with E-state index in [9.17, 15) is 14.3 Å². The summed E-state index contributed by atoms with van der Waals surface area (Å²) in [6.07, 6.45) is 0. The molecule has 0 heterocycles. The number of carbonyl (C=O) groups is 1. The van der Waals surface area contributed by atoms with Crippen molar-refractivity contribution in [2.45, 2.75) is 0 Å². The van der Waals surface area contributed by atoms with Crippen molar-refractivity contribution in [1.29, 1.82) is 0 Å². The van der Waals surface area contributed by atoms with Gasteiger partial charge in [-0.05, 0) is 36.4 Å². The zero-order chi connectivity index (χ0) is 13.3. The van der Waals surface area contributed by atoms with Crippen LogP contribution in [0.3, 0.4) is 0 Å². The quantitative estimate of drug-likeness (QED) is 0.844. The normalized spacial score (nSPS) is 10.4. The van der Waals surface area contributed by atoms with Gasteiger partial charge >= 0.3 is 0 Å². The molecule has 2 aromatic rings. The van der Waals surface area contributed by atoms with E-state index in [1.807, 2.05) is 0 Å². The fourth-order valence-electron chi connectivity index (χ4n) is 1.46. The van der Waals surface area contributed by atoms with Crippen LogP contribution in [-0.4, -0.2) is 10.9 Å². The molecule has 0 unspecified atom stereocenters. The van der Waals surface area contributed by atoms with E-state index in [-0.39, 0.29) is 10.6 Å². The van der Waals surface area contributed by atoms with Gasteiger partial charge in [-0.1, -0.05) is 23.2 Å². The molecule has 2 rings (SSSR count). The van der Waals surface area contributed by atoms with Crippen LogP contribution in [0.1, 0.15) is 15.9 Å². The highest BCUT2D eigenvalue weighted by atomic mass is 35.5. The summed E-state index contributed by atoms with van der Waals surface area (Å²) in [6, 6.07) is 8.35. The topological polar surface area (TPSA) is 37.3 Å². The lowest BCUT2D eigenvalue weighted by Crippen LogP contribution is -2.01. The van der Waals surface area contributed by atoms with Crippen molar-refractivity contribution in [2.24, 2.45) is 0 Å². The molecule has 0 atom stereocenters. The first-order valence-electron chi connectivity index (χ1n) is 4.97. The van der Waals surface area contributed by atoms with Gasteiger partial charge in [0.05, 0.1) is 5.02 Å². The van der Waals surface area contributed by atoms with Crippen molar-refractivity contribution in [3.8, 4) is 5.75 Å². The Balaban J connectivity index is 2.43. The van der Waals surface area contributed by atoms with Gasteiger partial charge in [-0.15, -0.1) is 0 Å². The highest BCUT2D eigenvalue weighted by molar-refractivity contribution is 6.32. The number of phenolic OH excluding ortho intramolecular Hbond substituents is 1. The first-order valence-corrected chi connectivity index (χ1v) is 5.73. The van der Waals surface area contributed by atoms with Crippen molar-refractivity contribution >= 4 is 29.0 Å². The lowest BCUT2D eigenvalue weighted by Gasteiger charge is -2.04. The molecule has 0 spiro atoms. The molecule has 0 aliphatic carbocycles. The minimum Gasteiger partial charge on any atom is -0.504 e. The highest BCUT2D eigenvalue weighted by Crippen LogP contribution is 2.28. The summed E-state index contributed by atoms with van der Waals surface area (Å²) < 4.78 is 13.3. The second kappa shape index (κ2) is 4.96. The molecule has 0 aliphatic heterocycles. The summed E-state index contributed by atoms with van der Waals surface area (Å²) in [6.45, 7) is 0. The van der Waals surface area contributed by atoms with Gasteiger partial charge in [-0.2, -0.15) is 0 Å². The Morgan fingerprint density at radius 1 is 1.06 bits per heavy atom. The van der Waals surface area contributed by atoms with Crippen LogP contribution < -0.4 is 0 Å². The third-order valence-electron chi connectivity index (χ3n) is 2.39. The Labute approximate surface area is 113 Å². The van der Waals surface area contributed by atoms with Gasteiger partial charge in [0, 0.05) is 16.1 Å². The van der Waals surface area contributed by atoms with E-state index in [0.717, 1.165) is 6.07 Å². The highest BCUT2D eigenvalue weighted by Gasteiger charge is 2.14. The number of ketones is 1. The molecular formula is C13H7Cl2FO2. The molecule has 0 radical (unpaired) electrons. The second-order valence-electron chi connectivity index (χ2n) is 3.62. The molecular weight excluding hydrogens is 278 g/mol. The smallest absolute Gasteiger partial charge is 0.193 e. The van der Waals surface area contributed by atoms with Crippen LogP contribution in [0.2, 0.25) is 10.0 Å². The zero-order valence-electron chi connectivity index (χ0n) is 8.95. The molecule has 1 N–H and O–H groups in total. The van der Waals surface area contributed by atoms with Crippen LogP contribution in [0.4, 0.5) is 4.39 Å². The van der Waals surface area contributed by atoms with Crippen LogP contribution in [0, 0.1) is 5.82 Å². The Morgan fingerprint density at radius 3 is 2.22 bits per heavy atom. The van der Waals surface area contributed by atoms with E-state index < -0.39 is 17.3 Å². The first kappa shape index (κ1) is 12.9. The van der Waals surface area contributed by atoms with Crippen LogP contribution in [-0.2, 0) is 0 Å². The third kappa shape index (κ3) is 2.47. The SMILES string of the molecule is O=C(c1ccc(Cl)cc1)c1cc(F)c(O)c(Cl)c1. The van der Waals surface area contributed by atoms with E-state index in [1.165, 1.54) is 18.2 Å². The number of rotatable bonds is 2. The molecule has 5 heteroatoms. The predicted octanol–water partition coefficient (Wildman–Crippen LogP) is 4.07. The number of phenols is 1. The van der Waals surface area contributed by atoms with Gasteiger partial charge in [0.25, 0.3) is 0 Å². The molecule has 2 aromatic carbocycles. The summed E-state index contributed by atoms with van der Waals surface area (Å²) in [5, 5.41) is 9.48. The predicted molar refractivity (Wildman–Crippen MR) is 68.0 cm³/mol. The van der Waals surface area contributed by atoms with Gasteiger partial charge in [0.15, 0.2) is 17.3 Å². The Kier molecular flexibility index (Phi) is 3.55. The molecule has 0 fully saturated rings. The van der Waals surface area contributed by atoms with Crippen LogP contribution in [0.25, 0.3) is 0 Å². The molecule has 0 saturated carbocycles. The molecule has 92 valence electrons. The maximum absolute atomic E-state index is 13.3. The van der Waals surface area contributed by atoms with Crippen LogP contribution >= 0.6 is 23.2 Å². The maximum atomic E-state index is 13.3. The van der Waals surface area contributed by atoms with Gasteiger partial charge < -0.3 is 5.11 Å². The van der Waals surface area contributed by atoms with Crippen molar-refractivity contribution in [3.63, 3.8) is 0 Å². The summed E-state index contributed by atoms with van der Waals surface area (Å²) in [5.41, 5.74) is 0.429. The molecule has 18 heavy (non-hydrogen) atoms. The van der Waals surface area contributed by atoms with E-state index in [2.05, 4.69) is 0 Å². The minimum absolute atomic E-state index is 0.0672. The average Bonchev–Trinajstić information content (AvgIpc) is 2.35. The largest absolute Gasteiger partial charge is 0.504 e. The Morgan fingerprint density at radius 2 is 1.67 bits per heavy atom. The molecule has 0 saturated heterocycles. The van der Waals surface area contributed by atoms with Crippen molar-refractivity contribution in [1.82, 2.24) is 0 Å². The first-order chi connectivity index (χ1) is 8.49. The van der Waals surface area contributed by atoms with E-state index >= 15 is 0 Å². The molecule has 0 aromatic heterocycles. The van der Waals surface area contributed by atoms with Gasteiger partial charge in [-0.25, -0.2) is 4.39 Å². The lowest BCUT2D eigenvalue weighted by molar-refractivity contribution is 0.103. The Hall–Kier alpha value is -1.58. The number of benzene rings is 2. The fourth-order valence-corrected chi connectivity index (χ4v) is 1.80. The zero-order valence-corrected chi connectivity index (χ0v) is 10.5. The molecule has 2 nitrogen and oxygen atoms in total. The van der Waals surface area contributed by atoms with E-state index in [4.69, 9.17) is 23.2 Å². The molecule has 0 bridgehead atoms. The minimum atomic E-state index is -0.931. The maximum Gasteiger partial charge on any atom is 0.193 e. The fraction of sp³-hybridized carbons (Fsp3) is 0. The summed E-state index contributed by atoms with van der Waals surface area (Å²) in [7, 11) is 0. The monoisotopic (exact) mass is 284 g/mol. The number of hydrogen-bond donors (Lipinski definition) is 1. The second-order valence-corrected chi connectivity index (χ2v) is 4.47. The van der Waals surface area contributed by atoms with Crippen LogP contribution in [0.5, 0.6) is 5.75 Å².